The first-order valence-corrected chi connectivity index (χ1v) is 19.2. The predicted octanol–water partition coefficient (Wildman–Crippen LogP) is 6.90. The van der Waals surface area contributed by atoms with Crippen molar-refractivity contribution in [3.8, 4) is 11.5 Å². The number of aromatic hydroxyl groups is 2. The van der Waals surface area contributed by atoms with Crippen LogP contribution in [0.15, 0.2) is 72.0 Å². The molecule has 294 valence electrons. The quantitative estimate of drug-likeness (QED) is 0.0291. The van der Waals surface area contributed by atoms with E-state index in [0.717, 1.165) is 9.13 Å². The minimum absolute atomic E-state index is 0.00843. The van der Waals surface area contributed by atoms with Crippen LogP contribution in [0.3, 0.4) is 0 Å². The van der Waals surface area contributed by atoms with Crippen molar-refractivity contribution >= 4 is 80.1 Å². The number of carbonyl (C=O) groups excluding carboxylic acids is 2. The molecule has 17 heteroatoms. The highest BCUT2D eigenvalue weighted by molar-refractivity contribution is 14.1. The summed E-state index contributed by atoms with van der Waals surface area (Å²) in [5.74, 6) is -1.41. The highest BCUT2D eigenvalue weighted by Crippen LogP contribution is 2.35. The number of hydroxylamine groups is 1. The minimum atomic E-state index is -0.726. The maximum absolute atomic E-state index is 15.7. The Balaban J connectivity index is 0.955. The number of ether oxygens (including phenoxy) is 1. The summed E-state index contributed by atoms with van der Waals surface area (Å²) < 4.78 is 23.6. The molecule has 4 aromatic carbocycles. The van der Waals surface area contributed by atoms with E-state index in [0.29, 0.717) is 65.8 Å². The van der Waals surface area contributed by atoms with Gasteiger partial charge in [-0.15, -0.1) is 0 Å². The van der Waals surface area contributed by atoms with E-state index in [2.05, 4.69) is 48.3 Å². The van der Waals surface area contributed by atoms with Crippen LogP contribution >= 0.6 is 34.2 Å². The Morgan fingerprint density at radius 1 is 1.02 bits per heavy atom. The van der Waals surface area contributed by atoms with E-state index in [1.807, 2.05) is 38.1 Å². The highest BCUT2D eigenvalue weighted by Gasteiger charge is 2.24. The van der Waals surface area contributed by atoms with Crippen molar-refractivity contribution in [2.75, 3.05) is 44.7 Å². The number of carbonyl (C=O) groups is 2. The lowest BCUT2D eigenvalue weighted by Gasteiger charge is -2.34. The zero-order chi connectivity index (χ0) is 40.1. The van der Waals surface area contributed by atoms with E-state index in [1.165, 1.54) is 18.5 Å². The topological polar surface area (TPSA) is 180 Å². The number of amides is 2. The summed E-state index contributed by atoms with van der Waals surface area (Å²) in [4.78, 5) is 43.7. The molecular weight excluding hydrogens is 858 g/mol. The van der Waals surface area contributed by atoms with E-state index in [4.69, 9.17) is 26.9 Å². The summed E-state index contributed by atoms with van der Waals surface area (Å²) >= 11 is 8.49. The first-order chi connectivity index (χ1) is 26.8. The fraction of sp³-hybridized carbons (Fsp3) is 0.282. The highest BCUT2D eigenvalue weighted by atomic mass is 127. The van der Waals surface area contributed by atoms with Crippen LogP contribution in [-0.2, 0) is 23.2 Å². The van der Waals surface area contributed by atoms with Crippen LogP contribution in [-0.4, -0.2) is 86.8 Å². The fourth-order valence-electron chi connectivity index (χ4n) is 6.17. The van der Waals surface area contributed by atoms with Crippen LogP contribution in [0.2, 0.25) is 5.02 Å². The van der Waals surface area contributed by atoms with Gasteiger partial charge in [-0.3, -0.25) is 14.5 Å². The molecule has 1 fully saturated rings. The molecule has 0 atom stereocenters. The van der Waals surface area contributed by atoms with E-state index in [-0.39, 0.29) is 53.2 Å². The van der Waals surface area contributed by atoms with Gasteiger partial charge in [-0.05, 0) is 82.1 Å². The monoisotopic (exact) mass is 898 g/mol. The molecule has 0 aliphatic carbocycles. The van der Waals surface area contributed by atoms with Gasteiger partial charge in [0, 0.05) is 49.4 Å². The Morgan fingerprint density at radius 2 is 1.75 bits per heavy atom. The summed E-state index contributed by atoms with van der Waals surface area (Å²) in [6.07, 6.45) is 0.955. The van der Waals surface area contributed by atoms with Crippen molar-refractivity contribution in [2.45, 2.75) is 26.3 Å². The first kappa shape index (κ1) is 40.5. The number of hydrogen-bond acceptors (Lipinski definition) is 10. The number of halogens is 3. The maximum Gasteiger partial charge on any atom is 0.409 e. The van der Waals surface area contributed by atoms with Gasteiger partial charge in [0.05, 0.1) is 45.1 Å². The summed E-state index contributed by atoms with van der Waals surface area (Å²) in [6.45, 7) is 6.47. The number of amidine groups is 1. The molecule has 6 rings (SSSR count). The Kier molecular flexibility index (Phi) is 12.8. The second-order valence-electron chi connectivity index (χ2n) is 13.5. The van der Waals surface area contributed by atoms with Gasteiger partial charge in [0.25, 0.3) is 5.91 Å². The summed E-state index contributed by atoms with van der Waals surface area (Å²) in [5.41, 5.74) is 12.0. The Morgan fingerprint density at radius 3 is 2.45 bits per heavy atom. The van der Waals surface area contributed by atoms with Crippen molar-refractivity contribution in [3.05, 3.63) is 104 Å². The Labute approximate surface area is 341 Å². The number of aliphatic imine (C=N–C) groups is 1. The zero-order valence-corrected chi connectivity index (χ0v) is 33.8. The van der Waals surface area contributed by atoms with Gasteiger partial charge < -0.3 is 35.5 Å². The molecule has 5 aromatic rings. The maximum atomic E-state index is 15.7. The van der Waals surface area contributed by atoms with E-state index < -0.39 is 17.8 Å². The third-order valence-electron chi connectivity index (χ3n) is 9.24. The number of piperazine rings is 1. The van der Waals surface area contributed by atoms with Gasteiger partial charge in [0.15, 0.2) is 5.82 Å². The number of aromatic nitrogens is 2. The molecule has 0 unspecified atom stereocenters. The summed E-state index contributed by atoms with van der Waals surface area (Å²) in [7, 11) is 1.69. The number of aryl methyl sites for hydroxylation is 1. The molecule has 56 heavy (non-hydrogen) atoms. The van der Waals surface area contributed by atoms with Crippen molar-refractivity contribution in [2.24, 2.45) is 17.8 Å². The second-order valence-corrected chi connectivity index (χ2v) is 15.1. The number of nitrogens with zero attached hydrogens (tertiary/aromatic N) is 5. The van der Waals surface area contributed by atoms with Gasteiger partial charge in [0.2, 0.25) is 0 Å². The second kappa shape index (κ2) is 17.7. The summed E-state index contributed by atoms with van der Waals surface area (Å²) in [5, 5.41) is 23.8. The normalized spacial score (nSPS) is 13.7. The number of anilines is 2. The SMILES string of the molecule is CC(C)c1cc(C(N)=Nc2ccc(CN3CCN(C(=O)OCCONC(=O)c4cc5c(ncn5C)c(F)c4Nc4ccc(I)cc4Cl)CC3)cc2)c(O)cc1O. The molecule has 14 nitrogen and oxygen atoms in total. The van der Waals surface area contributed by atoms with E-state index in [9.17, 15) is 19.8 Å². The van der Waals surface area contributed by atoms with Crippen LogP contribution in [0.5, 0.6) is 11.5 Å². The van der Waals surface area contributed by atoms with E-state index in [1.54, 1.807) is 40.8 Å². The smallest absolute Gasteiger partial charge is 0.409 e. The molecule has 0 bridgehead atoms. The molecule has 0 radical (unpaired) electrons. The minimum Gasteiger partial charge on any atom is -0.508 e. The molecule has 1 aromatic heterocycles. The zero-order valence-electron chi connectivity index (χ0n) is 30.9. The number of hydrogen-bond donors (Lipinski definition) is 5. The van der Waals surface area contributed by atoms with Crippen molar-refractivity contribution < 1.29 is 33.8 Å². The molecule has 1 saturated heterocycles. The number of fused-ring (bicyclic) bond motifs is 1. The largest absolute Gasteiger partial charge is 0.508 e. The molecule has 1 aliphatic heterocycles. The van der Waals surface area contributed by atoms with Gasteiger partial charge in [-0.25, -0.2) is 24.6 Å². The third-order valence-corrected chi connectivity index (χ3v) is 10.2. The molecule has 0 saturated carbocycles. The average Bonchev–Trinajstić information content (AvgIpc) is 3.54. The lowest BCUT2D eigenvalue weighted by Crippen LogP contribution is -2.48. The molecule has 2 amide bonds. The molecule has 0 spiro atoms. The van der Waals surface area contributed by atoms with Crippen LogP contribution in [0.1, 0.15) is 46.8 Å². The fourth-order valence-corrected chi connectivity index (χ4v) is 7.07. The number of nitrogens with two attached hydrogens (primary N) is 1. The van der Waals surface area contributed by atoms with E-state index >= 15 is 4.39 Å². The molecule has 1 aliphatic rings. The predicted molar refractivity (Wildman–Crippen MR) is 220 cm³/mol. The number of benzene rings is 4. The van der Waals surface area contributed by atoms with Crippen LogP contribution < -0.4 is 16.5 Å². The molecule has 2 heterocycles. The van der Waals surface area contributed by atoms with Crippen LogP contribution in [0, 0.1) is 9.39 Å². The first-order valence-electron chi connectivity index (χ1n) is 17.7. The van der Waals surface area contributed by atoms with Gasteiger partial charge in [-0.2, -0.15) is 0 Å². The summed E-state index contributed by atoms with van der Waals surface area (Å²) in [6, 6.07) is 17.2. The van der Waals surface area contributed by atoms with Gasteiger partial charge in [-0.1, -0.05) is 37.6 Å². The van der Waals surface area contributed by atoms with Crippen LogP contribution in [0.4, 0.5) is 26.2 Å². The Hall–Kier alpha value is -5.17. The lowest BCUT2D eigenvalue weighted by atomic mass is 9.98. The molecular formula is C39H41ClFIN8O6. The Bertz CT molecular complexity index is 2280. The van der Waals surface area contributed by atoms with Crippen molar-refractivity contribution in [1.29, 1.82) is 0 Å². The standard InChI is InChI=1S/C39H41ClFIN8O6/c1-22(2)26-17-27(33(52)19-32(26)51)37(43)45-25-7-4-23(5-8-25)20-49-10-12-50(13-11-49)39(54)55-14-15-56-47-38(53)28-18-31-36(44-21-48(31)3)34(41)35(28)46-30-9-6-24(42)16-29(30)40/h4-9,16-19,21-22,46,51-52H,10-15,20H2,1-3H3,(H2,43,45)(H,47,53). The van der Waals surface area contributed by atoms with Crippen molar-refractivity contribution in [1.82, 2.24) is 24.8 Å². The van der Waals surface area contributed by atoms with Crippen LogP contribution in [0.25, 0.3) is 11.0 Å². The third kappa shape index (κ3) is 9.43. The number of imidazole rings is 1. The number of rotatable bonds is 12. The average molecular weight is 899 g/mol. The van der Waals surface area contributed by atoms with Gasteiger partial charge >= 0.3 is 6.09 Å². The number of nitrogens with one attached hydrogen (secondary N) is 2. The lowest BCUT2D eigenvalue weighted by molar-refractivity contribution is 0.00504. The molecule has 6 N–H and O–H groups in total. The van der Waals surface area contributed by atoms with Gasteiger partial charge in [0.1, 0.15) is 36.1 Å². The number of phenolic OH excluding ortho intramolecular Hbond substituents is 2. The number of phenols is 2. The van der Waals surface area contributed by atoms with Crippen molar-refractivity contribution in [3.63, 3.8) is 0 Å².